The van der Waals surface area contributed by atoms with Crippen LogP contribution in [-0.4, -0.2) is 12.0 Å². The molecule has 6 nitrogen and oxygen atoms in total. The molecule has 21 heavy (non-hydrogen) atoms. The van der Waals surface area contributed by atoms with E-state index in [0.29, 0.717) is 11.5 Å². The summed E-state index contributed by atoms with van der Waals surface area (Å²) in [7, 11) is 1.57. The summed E-state index contributed by atoms with van der Waals surface area (Å²) in [5.41, 5.74) is 7.48. The van der Waals surface area contributed by atoms with Gasteiger partial charge < -0.3 is 15.2 Å². The first-order chi connectivity index (χ1) is 10.0. The molecule has 0 unspecified atom stereocenters. The number of nitro groups is 1. The van der Waals surface area contributed by atoms with Crippen molar-refractivity contribution in [3.63, 3.8) is 0 Å². The van der Waals surface area contributed by atoms with Crippen molar-refractivity contribution in [1.29, 1.82) is 0 Å². The predicted octanol–water partition coefficient (Wildman–Crippen LogP) is 3.07. The zero-order valence-corrected chi connectivity index (χ0v) is 11.8. The van der Waals surface area contributed by atoms with Crippen molar-refractivity contribution in [1.82, 2.24) is 0 Å². The Balaban J connectivity index is 2.13. The van der Waals surface area contributed by atoms with E-state index >= 15 is 0 Å². The van der Waals surface area contributed by atoms with Crippen molar-refractivity contribution in [3.8, 4) is 11.5 Å². The van der Waals surface area contributed by atoms with Gasteiger partial charge in [-0.15, -0.1) is 0 Å². The summed E-state index contributed by atoms with van der Waals surface area (Å²) in [5.74, 6) is 1.25. The number of hydrogen-bond donors (Lipinski definition) is 1. The molecule has 6 heteroatoms. The smallest absolute Gasteiger partial charge is 0.292 e. The van der Waals surface area contributed by atoms with Gasteiger partial charge in [0.2, 0.25) is 0 Å². The first-order valence-electron chi connectivity index (χ1n) is 6.31. The van der Waals surface area contributed by atoms with E-state index in [1.807, 2.05) is 25.1 Å². The number of methoxy groups -OCH3 is 1. The molecule has 0 aliphatic carbocycles. The van der Waals surface area contributed by atoms with Crippen LogP contribution in [0.4, 0.5) is 11.4 Å². The number of hydrogen-bond acceptors (Lipinski definition) is 5. The van der Waals surface area contributed by atoms with Gasteiger partial charge in [-0.05, 0) is 42.3 Å². The molecular weight excluding hydrogens is 272 g/mol. The molecule has 0 atom stereocenters. The average Bonchev–Trinajstić information content (AvgIpc) is 2.45. The van der Waals surface area contributed by atoms with Crippen molar-refractivity contribution in [2.24, 2.45) is 0 Å². The Kier molecular flexibility index (Phi) is 4.27. The highest BCUT2D eigenvalue weighted by Gasteiger charge is 2.12. The quantitative estimate of drug-likeness (QED) is 0.519. The Bertz CT molecular complexity index is 671. The van der Waals surface area contributed by atoms with Gasteiger partial charge in [-0.2, -0.15) is 0 Å². The second kappa shape index (κ2) is 6.13. The van der Waals surface area contributed by atoms with Crippen LogP contribution in [0.3, 0.4) is 0 Å². The van der Waals surface area contributed by atoms with Crippen LogP contribution in [0.2, 0.25) is 0 Å². The van der Waals surface area contributed by atoms with Crippen LogP contribution in [0.5, 0.6) is 11.5 Å². The fourth-order valence-corrected chi connectivity index (χ4v) is 1.92. The number of nitrogens with two attached hydrogens (primary N) is 1. The maximum Gasteiger partial charge on any atom is 0.292 e. The number of rotatable bonds is 5. The molecule has 2 aromatic carbocycles. The molecule has 0 amide bonds. The van der Waals surface area contributed by atoms with Gasteiger partial charge in [0, 0.05) is 6.07 Å². The lowest BCUT2D eigenvalue weighted by molar-refractivity contribution is -0.383. The molecule has 0 aliphatic heterocycles. The van der Waals surface area contributed by atoms with Crippen molar-refractivity contribution in [3.05, 3.63) is 57.6 Å². The maximum atomic E-state index is 10.7. The van der Waals surface area contributed by atoms with Crippen LogP contribution in [0, 0.1) is 17.0 Å². The molecule has 0 fully saturated rings. The molecule has 2 N–H and O–H groups in total. The van der Waals surface area contributed by atoms with Crippen LogP contribution in [0.15, 0.2) is 36.4 Å². The van der Waals surface area contributed by atoms with Gasteiger partial charge in [-0.1, -0.05) is 6.07 Å². The Hall–Kier alpha value is -2.76. The molecule has 0 aliphatic rings. The Morgan fingerprint density at radius 2 is 1.95 bits per heavy atom. The third kappa shape index (κ3) is 3.42. The van der Waals surface area contributed by atoms with Crippen molar-refractivity contribution < 1.29 is 14.4 Å². The lowest BCUT2D eigenvalue weighted by atomic mass is 10.2. The average molecular weight is 288 g/mol. The predicted molar refractivity (Wildman–Crippen MR) is 79.6 cm³/mol. The zero-order valence-electron chi connectivity index (χ0n) is 11.8. The number of nitro benzene ring substituents is 1. The van der Waals surface area contributed by atoms with E-state index in [1.54, 1.807) is 19.2 Å². The van der Waals surface area contributed by atoms with Crippen LogP contribution >= 0.6 is 0 Å². The van der Waals surface area contributed by atoms with E-state index in [4.69, 9.17) is 15.2 Å². The first kappa shape index (κ1) is 14.6. The fourth-order valence-electron chi connectivity index (χ4n) is 1.92. The van der Waals surface area contributed by atoms with Gasteiger partial charge >= 0.3 is 0 Å². The summed E-state index contributed by atoms with van der Waals surface area (Å²) in [6.07, 6.45) is 0. The molecule has 0 bridgehead atoms. The maximum absolute atomic E-state index is 10.7. The molecule has 2 rings (SSSR count). The second-order valence-corrected chi connectivity index (χ2v) is 4.59. The summed E-state index contributed by atoms with van der Waals surface area (Å²) in [6, 6.07) is 10.2. The van der Waals surface area contributed by atoms with Gasteiger partial charge in [0.1, 0.15) is 12.3 Å². The molecule has 0 spiro atoms. The molecule has 0 heterocycles. The third-order valence-electron chi connectivity index (χ3n) is 3.00. The molecule has 0 saturated carbocycles. The minimum absolute atomic E-state index is 0.105. The summed E-state index contributed by atoms with van der Waals surface area (Å²) in [6.45, 7) is 2.21. The minimum atomic E-state index is -0.511. The lowest BCUT2D eigenvalue weighted by Crippen LogP contribution is -2.01. The van der Waals surface area contributed by atoms with Crippen molar-refractivity contribution >= 4 is 11.4 Å². The van der Waals surface area contributed by atoms with Crippen molar-refractivity contribution in [2.75, 3.05) is 12.8 Å². The van der Waals surface area contributed by atoms with E-state index < -0.39 is 4.92 Å². The Morgan fingerprint density at radius 3 is 2.57 bits per heavy atom. The summed E-state index contributed by atoms with van der Waals surface area (Å²) < 4.78 is 10.9. The van der Waals surface area contributed by atoms with E-state index in [9.17, 15) is 10.1 Å². The zero-order chi connectivity index (χ0) is 15.4. The fraction of sp³-hybridized carbons (Fsp3) is 0.200. The van der Waals surface area contributed by atoms with Gasteiger partial charge in [-0.25, -0.2) is 0 Å². The van der Waals surface area contributed by atoms with E-state index in [1.165, 1.54) is 6.07 Å². The highest BCUT2D eigenvalue weighted by molar-refractivity contribution is 5.59. The largest absolute Gasteiger partial charge is 0.493 e. The van der Waals surface area contributed by atoms with Crippen molar-refractivity contribution in [2.45, 2.75) is 13.5 Å². The Labute approximate surface area is 122 Å². The lowest BCUT2D eigenvalue weighted by Gasteiger charge is -2.11. The van der Waals surface area contributed by atoms with E-state index in [0.717, 1.165) is 11.1 Å². The first-order valence-corrected chi connectivity index (χ1v) is 6.31. The standard InChI is InChI=1S/C15H16N2O4/c1-10-3-6-14(15(7-10)20-2)21-9-11-4-5-13(17(18)19)12(16)8-11/h3-8H,9,16H2,1-2H3. The number of aryl methyl sites for hydroxylation is 1. The summed E-state index contributed by atoms with van der Waals surface area (Å²) >= 11 is 0. The number of nitrogen functional groups attached to an aromatic ring is 1. The normalized spacial score (nSPS) is 10.2. The summed E-state index contributed by atoms with van der Waals surface area (Å²) in [5, 5.41) is 10.7. The molecule has 2 aromatic rings. The minimum Gasteiger partial charge on any atom is -0.493 e. The van der Waals surface area contributed by atoms with E-state index in [2.05, 4.69) is 0 Å². The van der Waals surface area contributed by atoms with E-state index in [-0.39, 0.29) is 18.0 Å². The number of benzene rings is 2. The Morgan fingerprint density at radius 1 is 1.19 bits per heavy atom. The molecule has 0 aromatic heterocycles. The van der Waals surface area contributed by atoms with Gasteiger partial charge in [0.05, 0.1) is 12.0 Å². The SMILES string of the molecule is COc1cc(C)ccc1OCc1ccc([N+](=O)[O-])c(N)c1. The van der Waals surface area contributed by atoms with Crippen LogP contribution in [0.25, 0.3) is 0 Å². The third-order valence-corrected chi connectivity index (χ3v) is 3.00. The number of anilines is 1. The topological polar surface area (TPSA) is 87.6 Å². The van der Waals surface area contributed by atoms with Gasteiger partial charge in [0.25, 0.3) is 5.69 Å². The number of ether oxygens (including phenoxy) is 2. The van der Waals surface area contributed by atoms with Crippen LogP contribution in [0.1, 0.15) is 11.1 Å². The second-order valence-electron chi connectivity index (χ2n) is 4.59. The van der Waals surface area contributed by atoms with Gasteiger partial charge in [-0.3, -0.25) is 10.1 Å². The number of nitrogens with zero attached hydrogens (tertiary/aromatic N) is 1. The van der Waals surface area contributed by atoms with Gasteiger partial charge in [0.15, 0.2) is 11.5 Å². The highest BCUT2D eigenvalue weighted by Crippen LogP contribution is 2.29. The molecule has 0 radical (unpaired) electrons. The highest BCUT2D eigenvalue weighted by atomic mass is 16.6. The van der Waals surface area contributed by atoms with Crippen LogP contribution in [-0.2, 0) is 6.61 Å². The molecule has 0 saturated heterocycles. The summed E-state index contributed by atoms with van der Waals surface area (Å²) in [4.78, 5) is 10.2. The molecular formula is C15H16N2O4. The molecule has 110 valence electrons. The monoisotopic (exact) mass is 288 g/mol. The van der Waals surface area contributed by atoms with Crippen LogP contribution < -0.4 is 15.2 Å².